The van der Waals surface area contributed by atoms with E-state index in [1.54, 1.807) is 12.3 Å². The van der Waals surface area contributed by atoms with Crippen LogP contribution in [-0.2, 0) is 0 Å². The van der Waals surface area contributed by atoms with Crippen LogP contribution in [0.4, 0.5) is 5.95 Å². The van der Waals surface area contributed by atoms with Gasteiger partial charge in [-0.2, -0.15) is 4.98 Å². The maximum atomic E-state index is 5.97. The van der Waals surface area contributed by atoms with Crippen LogP contribution in [0.5, 0.6) is 5.88 Å². The minimum atomic E-state index is 0.0883. The Labute approximate surface area is 102 Å². The van der Waals surface area contributed by atoms with E-state index < -0.39 is 0 Å². The number of anilines is 1. The van der Waals surface area contributed by atoms with Gasteiger partial charge in [0.2, 0.25) is 11.8 Å². The van der Waals surface area contributed by atoms with E-state index in [-0.39, 0.29) is 11.5 Å². The Morgan fingerprint density at radius 3 is 2.94 bits per heavy atom. The van der Waals surface area contributed by atoms with Gasteiger partial charge < -0.3 is 15.8 Å². The van der Waals surface area contributed by atoms with Crippen molar-refractivity contribution in [3.63, 3.8) is 0 Å². The molecule has 3 N–H and O–H groups in total. The van der Waals surface area contributed by atoms with Crippen LogP contribution in [0.25, 0.3) is 0 Å². The molecule has 1 aromatic heterocycles. The highest BCUT2D eigenvalue weighted by molar-refractivity contribution is 5.32. The Bertz CT molecular complexity index is 394. The number of ether oxygens (including phenoxy) is 1. The third-order valence-electron chi connectivity index (χ3n) is 3.57. The van der Waals surface area contributed by atoms with Gasteiger partial charge in [0.1, 0.15) is 0 Å². The van der Waals surface area contributed by atoms with Crippen molar-refractivity contribution in [1.82, 2.24) is 9.97 Å². The molecule has 0 bridgehead atoms. The molecule has 0 aliphatic heterocycles. The molecule has 5 nitrogen and oxygen atoms in total. The highest BCUT2D eigenvalue weighted by Crippen LogP contribution is 2.40. The van der Waals surface area contributed by atoms with Gasteiger partial charge in [0.25, 0.3) is 0 Å². The van der Waals surface area contributed by atoms with Gasteiger partial charge in [0.05, 0.1) is 6.61 Å². The molecule has 0 amide bonds. The summed E-state index contributed by atoms with van der Waals surface area (Å²) in [5.74, 6) is 1.22. The summed E-state index contributed by atoms with van der Waals surface area (Å²) < 4.78 is 5.34. The van der Waals surface area contributed by atoms with Crippen molar-refractivity contribution >= 4 is 5.95 Å². The summed E-state index contributed by atoms with van der Waals surface area (Å²) in [5.41, 5.74) is 6.06. The number of rotatable bonds is 4. The second-order valence-electron chi connectivity index (χ2n) is 5.01. The lowest BCUT2D eigenvalue weighted by Crippen LogP contribution is -2.61. The van der Waals surface area contributed by atoms with Gasteiger partial charge in [0, 0.05) is 29.8 Å². The smallest absolute Gasteiger partial charge is 0.226 e. The lowest BCUT2D eigenvalue weighted by atomic mass is 9.63. The molecule has 2 rings (SSSR count). The summed E-state index contributed by atoms with van der Waals surface area (Å²) in [7, 11) is 0. The van der Waals surface area contributed by atoms with Crippen LogP contribution >= 0.6 is 0 Å². The van der Waals surface area contributed by atoms with Gasteiger partial charge in [-0.25, -0.2) is 4.98 Å². The van der Waals surface area contributed by atoms with E-state index in [1.807, 2.05) is 6.92 Å². The molecule has 17 heavy (non-hydrogen) atoms. The largest absolute Gasteiger partial charge is 0.478 e. The molecule has 2 unspecified atom stereocenters. The van der Waals surface area contributed by atoms with Crippen molar-refractivity contribution in [3.05, 3.63) is 12.3 Å². The lowest BCUT2D eigenvalue weighted by molar-refractivity contribution is 0.116. The van der Waals surface area contributed by atoms with Crippen molar-refractivity contribution in [2.45, 2.75) is 39.3 Å². The summed E-state index contributed by atoms with van der Waals surface area (Å²) in [6.45, 7) is 6.86. The number of hydrogen-bond acceptors (Lipinski definition) is 5. The van der Waals surface area contributed by atoms with E-state index in [4.69, 9.17) is 10.5 Å². The number of hydrogen-bond donors (Lipinski definition) is 2. The summed E-state index contributed by atoms with van der Waals surface area (Å²) in [5, 5.41) is 3.32. The standard InChI is InChI=1S/C12H20N4O/c1-4-17-10-5-6-14-11(16-10)15-9-7-8(13)12(9,2)3/h5-6,8-9H,4,7,13H2,1-3H3,(H,14,15,16). The molecule has 0 saturated heterocycles. The first kappa shape index (κ1) is 12.1. The lowest BCUT2D eigenvalue weighted by Gasteiger charge is -2.50. The second-order valence-corrected chi connectivity index (χ2v) is 5.01. The summed E-state index contributed by atoms with van der Waals surface area (Å²) in [4.78, 5) is 8.48. The number of aromatic nitrogens is 2. The molecule has 1 aliphatic carbocycles. The molecule has 1 aromatic rings. The van der Waals surface area contributed by atoms with Gasteiger partial charge >= 0.3 is 0 Å². The molecule has 2 atom stereocenters. The molecule has 5 heteroatoms. The Kier molecular flexibility index (Phi) is 3.19. The molecule has 94 valence electrons. The van der Waals surface area contributed by atoms with E-state index in [1.165, 1.54) is 0 Å². The fourth-order valence-corrected chi connectivity index (χ4v) is 2.00. The van der Waals surface area contributed by atoms with Crippen LogP contribution in [0.2, 0.25) is 0 Å². The van der Waals surface area contributed by atoms with E-state index >= 15 is 0 Å². The molecular formula is C12H20N4O. The average molecular weight is 236 g/mol. The fraction of sp³-hybridized carbons (Fsp3) is 0.667. The highest BCUT2D eigenvalue weighted by atomic mass is 16.5. The Hall–Kier alpha value is -1.36. The molecule has 1 aliphatic rings. The Balaban J connectivity index is 2.02. The SMILES string of the molecule is CCOc1ccnc(NC2CC(N)C2(C)C)n1. The maximum Gasteiger partial charge on any atom is 0.226 e. The average Bonchev–Trinajstić information content (AvgIpc) is 2.30. The predicted molar refractivity (Wildman–Crippen MR) is 67.0 cm³/mol. The van der Waals surface area contributed by atoms with Crippen LogP contribution in [0.3, 0.4) is 0 Å². The zero-order valence-electron chi connectivity index (χ0n) is 10.6. The third kappa shape index (κ3) is 2.34. The monoisotopic (exact) mass is 236 g/mol. The van der Waals surface area contributed by atoms with Gasteiger partial charge in [-0.15, -0.1) is 0 Å². The maximum absolute atomic E-state index is 5.97. The van der Waals surface area contributed by atoms with Crippen molar-refractivity contribution in [3.8, 4) is 5.88 Å². The summed E-state index contributed by atoms with van der Waals surface area (Å²) >= 11 is 0. The van der Waals surface area contributed by atoms with Gasteiger partial charge in [-0.1, -0.05) is 13.8 Å². The van der Waals surface area contributed by atoms with E-state index in [0.717, 1.165) is 6.42 Å². The third-order valence-corrected chi connectivity index (χ3v) is 3.57. The molecule has 0 spiro atoms. The Morgan fingerprint density at radius 2 is 2.35 bits per heavy atom. The first-order valence-corrected chi connectivity index (χ1v) is 6.02. The highest BCUT2D eigenvalue weighted by Gasteiger charge is 2.46. The zero-order chi connectivity index (χ0) is 12.5. The van der Waals surface area contributed by atoms with Crippen molar-refractivity contribution < 1.29 is 4.74 Å². The van der Waals surface area contributed by atoms with E-state index in [9.17, 15) is 0 Å². The molecule has 1 heterocycles. The summed E-state index contributed by atoms with van der Waals surface area (Å²) in [6, 6.07) is 2.33. The Morgan fingerprint density at radius 1 is 1.59 bits per heavy atom. The molecule has 1 saturated carbocycles. The first-order chi connectivity index (χ1) is 8.04. The zero-order valence-corrected chi connectivity index (χ0v) is 10.6. The number of nitrogens with one attached hydrogen (secondary N) is 1. The van der Waals surface area contributed by atoms with Crippen molar-refractivity contribution in [1.29, 1.82) is 0 Å². The second kappa shape index (κ2) is 4.49. The van der Waals surface area contributed by atoms with Crippen LogP contribution in [-0.4, -0.2) is 28.7 Å². The summed E-state index contributed by atoms with van der Waals surface area (Å²) in [6.07, 6.45) is 2.65. The quantitative estimate of drug-likeness (QED) is 0.827. The van der Waals surface area contributed by atoms with Crippen LogP contribution in [0.15, 0.2) is 12.3 Å². The predicted octanol–water partition coefficient (Wildman–Crippen LogP) is 1.41. The molecule has 1 fully saturated rings. The van der Waals surface area contributed by atoms with Crippen molar-refractivity contribution in [2.75, 3.05) is 11.9 Å². The topological polar surface area (TPSA) is 73.1 Å². The van der Waals surface area contributed by atoms with E-state index in [2.05, 4.69) is 29.1 Å². The minimum absolute atomic E-state index is 0.0883. The van der Waals surface area contributed by atoms with Crippen LogP contribution in [0.1, 0.15) is 27.2 Å². The first-order valence-electron chi connectivity index (χ1n) is 6.02. The van der Waals surface area contributed by atoms with E-state index in [0.29, 0.717) is 24.5 Å². The van der Waals surface area contributed by atoms with Gasteiger partial charge in [-0.3, -0.25) is 0 Å². The van der Waals surface area contributed by atoms with Gasteiger partial charge in [-0.05, 0) is 13.3 Å². The van der Waals surface area contributed by atoms with Gasteiger partial charge in [0.15, 0.2) is 0 Å². The molecular weight excluding hydrogens is 216 g/mol. The number of nitrogens with zero attached hydrogens (tertiary/aromatic N) is 2. The molecule has 0 aromatic carbocycles. The van der Waals surface area contributed by atoms with Crippen LogP contribution < -0.4 is 15.8 Å². The fourth-order valence-electron chi connectivity index (χ4n) is 2.00. The minimum Gasteiger partial charge on any atom is -0.478 e. The number of nitrogens with two attached hydrogens (primary N) is 1. The molecule has 0 radical (unpaired) electrons. The van der Waals surface area contributed by atoms with Crippen LogP contribution in [0, 0.1) is 5.41 Å². The normalized spacial score (nSPS) is 26.1. The van der Waals surface area contributed by atoms with Crippen molar-refractivity contribution in [2.24, 2.45) is 11.1 Å².